The molecule has 1 aromatic rings. The van der Waals surface area contributed by atoms with E-state index in [1.165, 1.54) is 0 Å². The van der Waals surface area contributed by atoms with Crippen LogP contribution < -0.4 is 11.1 Å². The summed E-state index contributed by atoms with van der Waals surface area (Å²) in [5.74, 6) is 6.80. The largest absolute Gasteiger partial charge is 0.320 e. The molecule has 1 unspecified atom stereocenters. The fourth-order valence-corrected chi connectivity index (χ4v) is 1.94. The number of anilines is 1. The van der Waals surface area contributed by atoms with E-state index >= 15 is 0 Å². The molecule has 0 spiro atoms. The summed E-state index contributed by atoms with van der Waals surface area (Å²) in [6, 6.07) is 5.34. The Morgan fingerprint density at radius 3 is 3.06 bits per heavy atom. The zero-order valence-corrected chi connectivity index (χ0v) is 11.4. The lowest BCUT2D eigenvalue weighted by Gasteiger charge is -2.10. The van der Waals surface area contributed by atoms with Gasteiger partial charge in [0.15, 0.2) is 0 Å². The van der Waals surface area contributed by atoms with E-state index in [9.17, 15) is 4.79 Å². The summed E-state index contributed by atoms with van der Waals surface area (Å²) in [6.07, 6.45) is 1.98. The van der Waals surface area contributed by atoms with Crippen molar-refractivity contribution < 1.29 is 4.79 Å². The summed E-state index contributed by atoms with van der Waals surface area (Å²) in [5, 5.41) is 2.78. The number of hydrogen-bond acceptors (Lipinski definition) is 4. The predicted octanol–water partition coefficient (Wildman–Crippen LogP) is 1.33. The van der Waals surface area contributed by atoms with Crippen molar-refractivity contribution in [2.45, 2.75) is 6.92 Å². The SMILES string of the molecule is CSCC(C)C(=O)Nc1cccc(C#CCN)n1. The first-order valence-electron chi connectivity index (χ1n) is 5.63. The van der Waals surface area contributed by atoms with Crippen molar-refractivity contribution in [3.8, 4) is 11.8 Å². The average molecular weight is 263 g/mol. The van der Waals surface area contributed by atoms with Gasteiger partial charge in [0.05, 0.1) is 6.54 Å². The van der Waals surface area contributed by atoms with Crippen molar-refractivity contribution in [1.82, 2.24) is 4.98 Å². The molecule has 0 bridgehead atoms. The summed E-state index contributed by atoms with van der Waals surface area (Å²) >= 11 is 1.65. The Hall–Kier alpha value is -1.51. The van der Waals surface area contributed by atoms with Crippen molar-refractivity contribution in [1.29, 1.82) is 0 Å². The van der Waals surface area contributed by atoms with Gasteiger partial charge in [-0.15, -0.1) is 0 Å². The highest BCUT2D eigenvalue weighted by Gasteiger charge is 2.12. The van der Waals surface area contributed by atoms with Crippen LogP contribution in [0, 0.1) is 17.8 Å². The molecule has 4 nitrogen and oxygen atoms in total. The standard InChI is InChI=1S/C13H17N3OS/c1-10(9-18-2)13(17)16-12-7-3-5-11(15-12)6-4-8-14/h3,5,7,10H,8-9,14H2,1-2H3,(H,15,16,17). The molecule has 0 aromatic carbocycles. The number of amides is 1. The Balaban J connectivity index is 2.70. The molecule has 1 aromatic heterocycles. The molecule has 1 heterocycles. The third kappa shape index (κ3) is 4.78. The molecule has 1 rings (SSSR count). The molecule has 1 atom stereocenters. The number of hydrogen-bond donors (Lipinski definition) is 2. The minimum Gasteiger partial charge on any atom is -0.320 e. The monoisotopic (exact) mass is 263 g/mol. The molecule has 18 heavy (non-hydrogen) atoms. The summed E-state index contributed by atoms with van der Waals surface area (Å²) in [6.45, 7) is 2.19. The van der Waals surface area contributed by atoms with E-state index in [-0.39, 0.29) is 11.8 Å². The first kappa shape index (κ1) is 14.6. The Morgan fingerprint density at radius 2 is 2.39 bits per heavy atom. The van der Waals surface area contributed by atoms with Crippen molar-refractivity contribution in [2.24, 2.45) is 11.7 Å². The molecule has 1 amide bonds. The first-order chi connectivity index (χ1) is 8.67. The van der Waals surface area contributed by atoms with Gasteiger partial charge in [-0.1, -0.05) is 18.9 Å². The van der Waals surface area contributed by atoms with Crippen LogP contribution in [0.4, 0.5) is 5.82 Å². The van der Waals surface area contributed by atoms with Crippen LogP contribution in [-0.4, -0.2) is 29.4 Å². The zero-order valence-electron chi connectivity index (χ0n) is 10.6. The summed E-state index contributed by atoms with van der Waals surface area (Å²) in [4.78, 5) is 16.0. The molecule has 3 N–H and O–H groups in total. The van der Waals surface area contributed by atoms with Crippen molar-refractivity contribution >= 4 is 23.5 Å². The number of pyridine rings is 1. The number of nitrogens with zero attached hydrogens (tertiary/aromatic N) is 1. The third-order valence-electron chi connectivity index (χ3n) is 2.18. The Morgan fingerprint density at radius 1 is 1.61 bits per heavy atom. The van der Waals surface area contributed by atoms with E-state index < -0.39 is 0 Å². The number of thioether (sulfide) groups is 1. The van der Waals surface area contributed by atoms with E-state index in [1.54, 1.807) is 23.9 Å². The molecule has 0 aliphatic rings. The van der Waals surface area contributed by atoms with Gasteiger partial charge in [0.1, 0.15) is 11.5 Å². The highest BCUT2D eigenvalue weighted by Crippen LogP contribution is 2.09. The summed E-state index contributed by atoms with van der Waals surface area (Å²) in [5.41, 5.74) is 5.90. The number of carbonyl (C=O) groups excluding carboxylic acids is 1. The van der Waals surface area contributed by atoms with Gasteiger partial charge >= 0.3 is 0 Å². The van der Waals surface area contributed by atoms with Crippen LogP contribution in [-0.2, 0) is 4.79 Å². The third-order valence-corrected chi connectivity index (χ3v) is 3.02. The number of aromatic nitrogens is 1. The quantitative estimate of drug-likeness (QED) is 0.804. The Kier molecular flexibility index (Phi) is 6.26. The molecule has 5 heteroatoms. The van der Waals surface area contributed by atoms with E-state index in [0.29, 0.717) is 18.1 Å². The topological polar surface area (TPSA) is 68.0 Å². The molecule has 0 fully saturated rings. The van der Waals surface area contributed by atoms with E-state index in [2.05, 4.69) is 22.1 Å². The molecule has 0 aliphatic heterocycles. The maximum Gasteiger partial charge on any atom is 0.229 e. The second-order valence-electron chi connectivity index (χ2n) is 3.76. The molecule has 0 saturated heterocycles. The van der Waals surface area contributed by atoms with Gasteiger partial charge in [-0.25, -0.2) is 4.98 Å². The summed E-state index contributed by atoms with van der Waals surface area (Å²) in [7, 11) is 0. The van der Waals surface area contributed by atoms with Crippen LogP contribution in [0.2, 0.25) is 0 Å². The Labute approximate surface area is 112 Å². The van der Waals surface area contributed by atoms with Gasteiger partial charge in [0.25, 0.3) is 0 Å². The van der Waals surface area contributed by atoms with Crippen LogP contribution in [0.25, 0.3) is 0 Å². The molecular formula is C13H17N3OS. The van der Waals surface area contributed by atoms with E-state index in [1.807, 2.05) is 19.2 Å². The van der Waals surface area contributed by atoms with Gasteiger partial charge in [0.2, 0.25) is 5.91 Å². The van der Waals surface area contributed by atoms with Crippen LogP contribution in [0.3, 0.4) is 0 Å². The predicted molar refractivity (Wildman–Crippen MR) is 76.3 cm³/mol. The number of nitrogens with two attached hydrogens (primary N) is 1. The van der Waals surface area contributed by atoms with Crippen LogP contribution in [0.1, 0.15) is 12.6 Å². The molecule has 0 saturated carbocycles. The van der Waals surface area contributed by atoms with Crippen LogP contribution in [0.5, 0.6) is 0 Å². The zero-order chi connectivity index (χ0) is 13.4. The molecule has 0 aliphatic carbocycles. The van der Waals surface area contributed by atoms with Crippen LogP contribution >= 0.6 is 11.8 Å². The number of rotatable bonds is 4. The first-order valence-corrected chi connectivity index (χ1v) is 7.02. The van der Waals surface area contributed by atoms with Crippen molar-refractivity contribution in [3.05, 3.63) is 23.9 Å². The van der Waals surface area contributed by atoms with E-state index in [4.69, 9.17) is 5.73 Å². The minimum absolute atomic E-state index is 0.0271. The Bertz CT molecular complexity index is 465. The maximum atomic E-state index is 11.8. The number of carbonyl (C=O) groups is 1. The van der Waals surface area contributed by atoms with Gasteiger partial charge in [-0.2, -0.15) is 11.8 Å². The highest BCUT2D eigenvalue weighted by molar-refractivity contribution is 7.98. The van der Waals surface area contributed by atoms with Gasteiger partial charge in [-0.05, 0) is 24.3 Å². The normalized spacial score (nSPS) is 11.3. The smallest absolute Gasteiger partial charge is 0.229 e. The molecule has 0 radical (unpaired) electrons. The fraction of sp³-hybridized carbons (Fsp3) is 0.385. The fourth-order valence-electron chi connectivity index (χ4n) is 1.29. The number of nitrogens with one attached hydrogen (secondary N) is 1. The van der Waals surface area contributed by atoms with Gasteiger partial charge < -0.3 is 11.1 Å². The second-order valence-corrected chi connectivity index (χ2v) is 4.67. The molecule has 96 valence electrons. The lowest BCUT2D eigenvalue weighted by molar-refractivity contribution is -0.118. The minimum atomic E-state index is -0.0411. The second kappa shape index (κ2) is 7.75. The van der Waals surface area contributed by atoms with Crippen LogP contribution in [0.15, 0.2) is 18.2 Å². The highest BCUT2D eigenvalue weighted by atomic mass is 32.2. The maximum absolute atomic E-state index is 11.8. The van der Waals surface area contributed by atoms with E-state index in [0.717, 1.165) is 5.75 Å². The van der Waals surface area contributed by atoms with Gasteiger partial charge in [-0.3, -0.25) is 4.79 Å². The molecular weight excluding hydrogens is 246 g/mol. The lowest BCUT2D eigenvalue weighted by atomic mass is 10.2. The summed E-state index contributed by atoms with van der Waals surface area (Å²) < 4.78 is 0. The lowest BCUT2D eigenvalue weighted by Crippen LogP contribution is -2.22. The van der Waals surface area contributed by atoms with Crippen molar-refractivity contribution in [3.63, 3.8) is 0 Å². The van der Waals surface area contributed by atoms with Gasteiger partial charge in [0, 0.05) is 11.7 Å². The average Bonchev–Trinajstić information content (AvgIpc) is 2.37. The van der Waals surface area contributed by atoms with Crippen molar-refractivity contribution in [2.75, 3.05) is 23.9 Å².